The molecule has 2 N–H and O–H groups in total. The minimum Gasteiger partial charge on any atom is -0.368 e. The number of aromatic amines is 1. The molecule has 0 unspecified atom stereocenters. The van der Waals surface area contributed by atoms with Gasteiger partial charge < -0.3 is 29.7 Å². The van der Waals surface area contributed by atoms with Gasteiger partial charge in [0.1, 0.15) is 12.6 Å². The van der Waals surface area contributed by atoms with Crippen molar-refractivity contribution in [2.24, 2.45) is 5.92 Å². The van der Waals surface area contributed by atoms with Gasteiger partial charge in [0.05, 0.1) is 6.10 Å². The molecule has 1 aromatic heterocycles. The van der Waals surface area contributed by atoms with E-state index in [-0.39, 0.29) is 36.4 Å². The molecule has 1 fully saturated rings. The lowest BCUT2D eigenvalue weighted by Crippen LogP contribution is -2.54. The van der Waals surface area contributed by atoms with Gasteiger partial charge in [0.2, 0.25) is 11.8 Å². The fourth-order valence-corrected chi connectivity index (χ4v) is 7.27. The van der Waals surface area contributed by atoms with E-state index in [1.165, 1.54) is 0 Å². The quantitative estimate of drug-likeness (QED) is 0.226. The molecule has 0 saturated carbocycles. The van der Waals surface area contributed by atoms with Gasteiger partial charge in [-0.25, -0.2) is 0 Å². The van der Waals surface area contributed by atoms with Gasteiger partial charge in [-0.2, -0.15) is 0 Å². The first-order valence-corrected chi connectivity index (χ1v) is 17.2. The number of piperidine rings is 1. The highest BCUT2D eigenvalue weighted by atomic mass is 35.5. The van der Waals surface area contributed by atoms with Crippen LogP contribution in [0.15, 0.2) is 72.9 Å². The van der Waals surface area contributed by atoms with E-state index in [2.05, 4.69) is 15.2 Å². The van der Waals surface area contributed by atoms with E-state index in [4.69, 9.17) is 27.9 Å². The second-order valence-corrected chi connectivity index (χ2v) is 13.9. The number of halogens is 2. The normalized spacial score (nSPS) is 17.4. The van der Waals surface area contributed by atoms with Crippen molar-refractivity contribution >= 4 is 57.5 Å². The molecule has 2 aliphatic heterocycles. The number of para-hydroxylation sites is 1. The van der Waals surface area contributed by atoms with Crippen LogP contribution in [0.1, 0.15) is 34.3 Å². The maximum absolute atomic E-state index is 14.5. The summed E-state index contributed by atoms with van der Waals surface area (Å²) in [6.45, 7) is 2.19. The van der Waals surface area contributed by atoms with Crippen molar-refractivity contribution < 1.29 is 19.1 Å². The number of H-pyrrole nitrogens is 1. The van der Waals surface area contributed by atoms with Crippen LogP contribution in [0.4, 0.5) is 5.69 Å². The van der Waals surface area contributed by atoms with Crippen molar-refractivity contribution in [2.45, 2.75) is 37.8 Å². The van der Waals surface area contributed by atoms with E-state index in [1.54, 1.807) is 34.1 Å². The largest absolute Gasteiger partial charge is 0.368 e. The van der Waals surface area contributed by atoms with Gasteiger partial charge in [-0.3, -0.25) is 14.4 Å². The number of amides is 3. The SMILES string of the molecule is CN(C)C[C@H]1Cc2c(Cl)cccc2N(C(=O)[C@@H](Cc2c[nH]c3ccccc23)NC(=O)COC2CCN(C(=O)c3ccc(Cl)cc3)CC2)C1. The average molecular weight is 691 g/mol. The lowest BCUT2D eigenvalue weighted by molar-refractivity contribution is -0.132. The molecule has 0 bridgehead atoms. The first-order chi connectivity index (χ1) is 23.2. The number of carbonyl (C=O) groups is 3. The molecule has 2 atom stereocenters. The van der Waals surface area contributed by atoms with Gasteiger partial charge in [0, 0.05) is 71.0 Å². The zero-order valence-electron chi connectivity index (χ0n) is 27.3. The summed E-state index contributed by atoms with van der Waals surface area (Å²) in [6, 6.07) is 19.6. The highest BCUT2D eigenvalue weighted by Gasteiger charge is 2.35. The highest BCUT2D eigenvalue weighted by molar-refractivity contribution is 6.32. The molecule has 3 heterocycles. The Kier molecular flexibility index (Phi) is 10.7. The minimum atomic E-state index is -0.830. The Balaban J connectivity index is 1.14. The van der Waals surface area contributed by atoms with Gasteiger partial charge in [0.25, 0.3) is 5.91 Å². The second-order valence-electron chi connectivity index (χ2n) is 13.0. The Morgan fingerprint density at radius 2 is 1.75 bits per heavy atom. The third-order valence-corrected chi connectivity index (χ3v) is 9.82. The lowest BCUT2D eigenvalue weighted by Gasteiger charge is -2.38. The zero-order chi connectivity index (χ0) is 33.8. The number of anilines is 1. The molecule has 0 spiro atoms. The number of aromatic nitrogens is 1. The highest BCUT2D eigenvalue weighted by Crippen LogP contribution is 2.35. The first kappa shape index (κ1) is 34.0. The number of nitrogens with zero attached hydrogens (tertiary/aromatic N) is 3. The number of fused-ring (bicyclic) bond motifs is 2. The summed E-state index contributed by atoms with van der Waals surface area (Å²) in [5.41, 5.74) is 4.24. The Labute approximate surface area is 291 Å². The van der Waals surface area contributed by atoms with Crippen LogP contribution >= 0.6 is 23.2 Å². The van der Waals surface area contributed by atoms with Crippen molar-refractivity contribution in [3.63, 3.8) is 0 Å². The maximum atomic E-state index is 14.5. The molecule has 9 nitrogen and oxygen atoms in total. The van der Waals surface area contributed by atoms with Crippen LogP contribution in [0.2, 0.25) is 10.0 Å². The number of nitrogens with one attached hydrogen (secondary N) is 2. The summed E-state index contributed by atoms with van der Waals surface area (Å²) < 4.78 is 6.04. The van der Waals surface area contributed by atoms with Crippen LogP contribution in [0.5, 0.6) is 0 Å². The van der Waals surface area contributed by atoms with Crippen LogP contribution < -0.4 is 10.2 Å². The topological polar surface area (TPSA) is 98.0 Å². The van der Waals surface area contributed by atoms with E-state index in [9.17, 15) is 14.4 Å². The smallest absolute Gasteiger partial charge is 0.253 e. The van der Waals surface area contributed by atoms with Crippen molar-refractivity contribution in [1.82, 2.24) is 20.1 Å². The molecule has 4 aromatic rings. The van der Waals surface area contributed by atoms with E-state index in [0.717, 1.165) is 40.7 Å². The Bertz CT molecular complexity index is 1770. The number of rotatable bonds is 10. The summed E-state index contributed by atoms with van der Waals surface area (Å²) in [4.78, 5) is 49.9. The Morgan fingerprint density at radius 1 is 1.00 bits per heavy atom. The van der Waals surface area contributed by atoms with Crippen LogP contribution in [0.3, 0.4) is 0 Å². The standard InChI is InChI=1S/C37H41Cl2N5O4/c1-42(2)21-24-18-30-31(39)7-5-9-34(30)44(22-24)37(47)33(19-26-20-40-32-8-4-3-6-29(26)32)41-35(45)23-48-28-14-16-43(17-15-28)36(46)25-10-12-27(38)13-11-25/h3-13,20,24,28,33,40H,14-19,21-23H2,1-2H3,(H,41,45)/t24-,33-/m1/s1. The molecule has 2 aliphatic rings. The number of carbonyl (C=O) groups excluding carboxylic acids is 3. The Hall–Kier alpha value is -3.89. The lowest BCUT2D eigenvalue weighted by atomic mass is 9.91. The van der Waals surface area contributed by atoms with Gasteiger partial charge in [0.15, 0.2) is 0 Å². The van der Waals surface area contributed by atoms with Gasteiger partial charge in [-0.05, 0) is 92.9 Å². The second kappa shape index (κ2) is 15.1. The molecule has 252 valence electrons. The molecule has 0 radical (unpaired) electrons. The predicted octanol–water partition coefficient (Wildman–Crippen LogP) is 5.59. The molecule has 11 heteroatoms. The van der Waals surface area contributed by atoms with Crippen molar-refractivity contribution in [1.29, 1.82) is 0 Å². The molecule has 3 aromatic carbocycles. The molecular formula is C37H41Cl2N5O4. The first-order valence-electron chi connectivity index (χ1n) is 16.4. The zero-order valence-corrected chi connectivity index (χ0v) is 28.8. The number of likely N-dealkylation sites (tertiary alicyclic amines) is 1. The summed E-state index contributed by atoms with van der Waals surface area (Å²) in [7, 11) is 4.05. The van der Waals surface area contributed by atoms with Gasteiger partial charge in [-0.1, -0.05) is 47.5 Å². The molecule has 0 aliphatic carbocycles. The number of ether oxygens (including phenoxy) is 1. The Morgan fingerprint density at radius 3 is 2.50 bits per heavy atom. The molecular weight excluding hydrogens is 649 g/mol. The third kappa shape index (κ3) is 7.87. The summed E-state index contributed by atoms with van der Waals surface area (Å²) in [6.07, 6.45) is 4.04. The fourth-order valence-electron chi connectivity index (χ4n) is 6.90. The van der Waals surface area contributed by atoms with Crippen molar-refractivity contribution in [3.8, 4) is 0 Å². The van der Waals surface area contributed by atoms with E-state index in [1.807, 2.05) is 62.8 Å². The summed E-state index contributed by atoms with van der Waals surface area (Å²) >= 11 is 12.6. The van der Waals surface area contributed by atoms with Crippen LogP contribution in [-0.2, 0) is 27.2 Å². The number of hydrogen-bond donors (Lipinski definition) is 2. The van der Waals surface area contributed by atoms with E-state index >= 15 is 0 Å². The minimum absolute atomic E-state index is 0.0464. The average Bonchev–Trinajstić information content (AvgIpc) is 3.49. The molecule has 48 heavy (non-hydrogen) atoms. The molecule has 6 rings (SSSR count). The van der Waals surface area contributed by atoms with Crippen molar-refractivity contribution in [2.75, 3.05) is 51.8 Å². The molecule has 3 amide bonds. The van der Waals surface area contributed by atoms with E-state index < -0.39 is 6.04 Å². The number of benzene rings is 3. The summed E-state index contributed by atoms with van der Waals surface area (Å²) in [5.74, 6) is -0.410. The van der Waals surface area contributed by atoms with Crippen LogP contribution in [-0.4, -0.2) is 91.5 Å². The monoisotopic (exact) mass is 689 g/mol. The van der Waals surface area contributed by atoms with Crippen LogP contribution in [0, 0.1) is 5.92 Å². The third-order valence-electron chi connectivity index (χ3n) is 9.21. The maximum Gasteiger partial charge on any atom is 0.253 e. The molecule has 1 saturated heterocycles. The van der Waals surface area contributed by atoms with Gasteiger partial charge >= 0.3 is 0 Å². The predicted molar refractivity (Wildman–Crippen MR) is 190 cm³/mol. The fraction of sp³-hybridized carbons (Fsp3) is 0.378. The van der Waals surface area contributed by atoms with Crippen LogP contribution in [0.25, 0.3) is 10.9 Å². The van der Waals surface area contributed by atoms with Gasteiger partial charge in [-0.15, -0.1) is 0 Å². The number of hydrogen-bond acceptors (Lipinski definition) is 5. The summed E-state index contributed by atoms with van der Waals surface area (Å²) in [5, 5.41) is 5.25. The van der Waals surface area contributed by atoms with Crippen molar-refractivity contribution in [3.05, 3.63) is 99.7 Å². The van der Waals surface area contributed by atoms with E-state index in [0.29, 0.717) is 54.5 Å².